The van der Waals surface area contributed by atoms with Crippen LogP contribution in [0.25, 0.3) is 0 Å². The van der Waals surface area contributed by atoms with Crippen molar-refractivity contribution < 1.29 is 0 Å². The zero-order valence-electron chi connectivity index (χ0n) is 9.88. The van der Waals surface area contributed by atoms with Crippen LogP contribution < -0.4 is 5.32 Å². The first-order chi connectivity index (χ1) is 7.83. The van der Waals surface area contributed by atoms with Gasteiger partial charge in [0, 0.05) is 17.5 Å². The molecule has 1 aliphatic rings. The fourth-order valence-electron chi connectivity index (χ4n) is 2.89. The van der Waals surface area contributed by atoms with Gasteiger partial charge in [0.1, 0.15) is 0 Å². The topological polar surface area (TPSA) is 12.0 Å². The Morgan fingerprint density at radius 1 is 1.31 bits per heavy atom. The first-order valence-corrected chi connectivity index (χ1v) is 6.59. The summed E-state index contributed by atoms with van der Waals surface area (Å²) in [6.07, 6.45) is 5.49. The summed E-state index contributed by atoms with van der Waals surface area (Å²) in [5.41, 5.74) is 1.32. The van der Waals surface area contributed by atoms with Gasteiger partial charge in [-0.05, 0) is 37.4 Å². The van der Waals surface area contributed by atoms with E-state index >= 15 is 0 Å². The van der Waals surface area contributed by atoms with Crippen LogP contribution in [0.4, 0.5) is 0 Å². The lowest BCUT2D eigenvalue weighted by Crippen LogP contribution is -2.23. The van der Waals surface area contributed by atoms with Crippen LogP contribution in [0.1, 0.15) is 37.2 Å². The molecule has 0 spiro atoms. The van der Waals surface area contributed by atoms with E-state index in [0.717, 1.165) is 17.5 Å². The number of hydrogen-bond donors (Lipinski definition) is 1. The normalized spacial score (nSPS) is 18.9. The molecule has 1 N–H and O–H groups in total. The zero-order valence-corrected chi connectivity index (χ0v) is 10.6. The lowest BCUT2D eigenvalue weighted by Gasteiger charge is -2.24. The van der Waals surface area contributed by atoms with Crippen molar-refractivity contribution in [2.45, 2.75) is 31.6 Å². The van der Waals surface area contributed by atoms with Crippen LogP contribution in [0.2, 0.25) is 5.02 Å². The molecule has 1 aliphatic carbocycles. The van der Waals surface area contributed by atoms with Crippen LogP contribution >= 0.6 is 11.6 Å². The summed E-state index contributed by atoms with van der Waals surface area (Å²) in [6, 6.07) is 8.30. The lowest BCUT2D eigenvalue weighted by atomic mass is 9.85. The van der Waals surface area contributed by atoms with Gasteiger partial charge in [0.25, 0.3) is 0 Å². The van der Waals surface area contributed by atoms with Gasteiger partial charge >= 0.3 is 0 Å². The van der Waals surface area contributed by atoms with Crippen molar-refractivity contribution >= 4 is 11.6 Å². The van der Waals surface area contributed by atoms with Crippen LogP contribution in [0.5, 0.6) is 0 Å². The highest BCUT2D eigenvalue weighted by Crippen LogP contribution is 2.39. The van der Waals surface area contributed by atoms with Crippen molar-refractivity contribution in [3.05, 3.63) is 34.9 Å². The standard InChI is InChI=1S/C14H20ClN/c1-16-10-13(11-6-2-3-7-11)12-8-4-5-9-14(12)15/h4-5,8-9,11,13,16H,2-3,6-7,10H2,1H3. The first kappa shape index (κ1) is 11.9. The lowest BCUT2D eigenvalue weighted by molar-refractivity contribution is 0.421. The molecule has 1 saturated carbocycles. The van der Waals surface area contributed by atoms with Gasteiger partial charge in [-0.1, -0.05) is 42.6 Å². The maximum absolute atomic E-state index is 6.31. The van der Waals surface area contributed by atoms with Crippen molar-refractivity contribution in [1.82, 2.24) is 5.32 Å². The number of halogens is 1. The number of hydrogen-bond acceptors (Lipinski definition) is 1. The van der Waals surface area contributed by atoms with Gasteiger partial charge in [0.2, 0.25) is 0 Å². The molecule has 2 heteroatoms. The van der Waals surface area contributed by atoms with E-state index in [1.54, 1.807) is 0 Å². The first-order valence-electron chi connectivity index (χ1n) is 6.22. The van der Waals surface area contributed by atoms with Crippen molar-refractivity contribution in [3.8, 4) is 0 Å². The van der Waals surface area contributed by atoms with Gasteiger partial charge in [-0.2, -0.15) is 0 Å². The van der Waals surface area contributed by atoms with Gasteiger partial charge in [0.05, 0.1) is 0 Å². The monoisotopic (exact) mass is 237 g/mol. The molecule has 1 unspecified atom stereocenters. The molecule has 16 heavy (non-hydrogen) atoms. The van der Waals surface area contributed by atoms with E-state index in [0.29, 0.717) is 5.92 Å². The molecule has 0 bridgehead atoms. The van der Waals surface area contributed by atoms with E-state index in [-0.39, 0.29) is 0 Å². The van der Waals surface area contributed by atoms with Gasteiger partial charge in [-0.3, -0.25) is 0 Å². The van der Waals surface area contributed by atoms with Crippen LogP contribution in [0.3, 0.4) is 0 Å². The largest absolute Gasteiger partial charge is 0.319 e. The minimum absolute atomic E-state index is 0.584. The number of benzene rings is 1. The Morgan fingerprint density at radius 2 is 2.00 bits per heavy atom. The molecule has 1 atom stereocenters. The van der Waals surface area contributed by atoms with E-state index in [1.165, 1.54) is 31.2 Å². The zero-order chi connectivity index (χ0) is 11.4. The Bertz CT molecular complexity index is 331. The van der Waals surface area contributed by atoms with Gasteiger partial charge in [-0.25, -0.2) is 0 Å². The van der Waals surface area contributed by atoms with Crippen LogP contribution in [0, 0.1) is 5.92 Å². The number of nitrogens with one attached hydrogen (secondary N) is 1. The number of rotatable bonds is 4. The quantitative estimate of drug-likeness (QED) is 0.839. The smallest absolute Gasteiger partial charge is 0.0441 e. The summed E-state index contributed by atoms with van der Waals surface area (Å²) in [7, 11) is 2.03. The average Bonchev–Trinajstić information content (AvgIpc) is 2.80. The maximum Gasteiger partial charge on any atom is 0.0441 e. The van der Waals surface area contributed by atoms with E-state index in [4.69, 9.17) is 11.6 Å². The summed E-state index contributed by atoms with van der Waals surface area (Å²) < 4.78 is 0. The van der Waals surface area contributed by atoms with Crippen molar-refractivity contribution in [1.29, 1.82) is 0 Å². The summed E-state index contributed by atoms with van der Waals surface area (Å²) >= 11 is 6.31. The van der Waals surface area contributed by atoms with E-state index in [1.807, 2.05) is 19.2 Å². The second kappa shape index (κ2) is 5.70. The summed E-state index contributed by atoms with van der Waals surface area (Å²) in [5.74, 6) is 1.40. The van der Waals surface area contributed by atoms with E-state index < -0.39 is 0 Å². The summed E-state index contributed by atoms with van der Waals surface area (Å²) in [5, 5.41) is 4.24. The van der Waals surface area contributed by atoms with Crippen molar-refractivity contribution in [2.75, 3.05) is 13.6 Å². The van der Waals surface area contributed by atoms with E-state index in [9.17, 15) is 0 Å². The van der Waals surface area contributed by atoms with Gasteiger partial charge in [0.15, 0.2) is 0 Å². The predicted molar refractivity (Wildman–Crippen MR) is 70.1 cm³/mol. The Morgan fingerprint density at radius 3 is 2.62 bits per heavy atom. The molecule has 0 heterocycles. The molecule has 88 valence electrons. The minimum Gasteiger partial charge on any atom is -0.319 e. The molecule has 0 aliphatic heterocycles. The Labute approximate surface area is 103 Å². The third kappa shape index (κ3) is 2.58. The molecule has 0 aromatic heterocycles. The van der Waals surface area contributed by atoms with Crippen LogP contribution in [0.15, 0.2) is 24.3 Å². The predicted octanol–water partition coefficient (Wildman–Crippen LogP) is 3.83. The molecule has 1 fully saturated rings. The molecule has 1 nitrogen and oxygen atoms in total. The third-order valence-electron chi connectivity index (χ3n) is 3.70. The fraction of sp³-hybridized carbons (Fsp3) is 0.571. The van der Waals surface area contributed by atoms with Gasteiger partial charge < -0.3 is 5.32 Å². The highest BCUT2D eigenvalue weighted by molar-refractivity contribution is 6.31. The average molecular weight is 238 g/mol. The maximum atomic E-state index is 6.31. The molecule has 2 rings (SSSR count). The highest BCUT2D eigenvalue weighted by atomic mass is 35.5. The Hall–Kier alpha value is -0.530. The molecular weight excluding hydrogens is 218 g/mol. The summed E-state index contributed by atoms with van der Waals surface area (Å²) in [6.45, 7) is 1.04. The molecular formula is C14H20ClN. The summed E-state index contributed by atoms with van der Waals surface area (Å²) in [4.78, 5) is 0. The van der Waals surface area contributed by atoms with Gasteiger partial charge in [-0.15, -0.1) is 0 Å². The molecule has 0 saturated heterocycles. The molecule has 0 amide bonds. The Balaban J connectivity index is 2.21. The van der Waals surface area contributed by atoms with E-state index in [2.05, 4.69) is 17.4 Å². The number of likely N-dealkylation sites (N-methyl/N-ethyl adjacent to an activating group) is 1. The highest BCUT2D eigenvalue weighted by Gasteiger charge is 2.26. The second-order valence-electron chi connectivity index (χ2n) is 4.73. The fourth-order valence-corrected chi connectivity index (χ4v) is 3.16. The van der Waals surface area contributed by atoms with Crippen LogP contribution in [-0.4, -0.2) is 13.6 Å². The van der Waals surface area contributed by atoms with Crippen LogP contribution in [-0.2, 0) is 0 Å². The minimum atomic E-state index is 0.584. The molecule has 0 radical (unpaired) electrons. The third-order valence-corrected chi connectivity index (χ3v) is 4.04. The second-order valence-corrected chi connectivity index (χ2v) is 5.14. The van der Waals surface area contributed by atoms with Crippen molar-refractivity contribution in [2.24, 2.45) is 5.92 Å². The molecule has 1 aromatic carbocycles. The molecule has 1 aromatic rings. The Kier molecular flexibility index (Phi) is 4.25. The van der Waals surface area contributed by atoms with Crippen molar-refractivity contribution in [3.63, 3.8) is 0 Å². The SMILES string of the molecule is CNCC(c1ccccc1Cl)C1CCCC1.